The van der Waals surface area contributed by atoms with Gasteiger partial charge >= 0.3 is 0 Å². The fourth-order valence-electron chi connectivity index (χ4n) is 3.43. The lowest BCUT2D eigenvalue weighted by Gasteiger charge is -2.20. The second kappa shape index (κ2) is 7.67. The molecule has 1 aliphatic heterocycles. The van der Waals surface area contributed by atoms with Gasteiger partial charge in [-0.1, -0.05) is 18.2 Å². The van der Waals surface area contributed by atoms with Crippen molar-refractivity contribution in [2.75, 3.05) is 20.2 Å². The van der Waals surface area contributed by atoms with Crippen molar-refractivity contribution in [2.45, 2.75) is 19.4 Å². The van der Waals surface area contributed by atoms with Gasteiger partial charge in [-0.3, -0.25) is 14.7 Å². The molecule has 7 nitrogen and oxygen atoms in total. The summed E-state index contributed by atoms with van der Waals surface area (Å²) < 4.78 is 5.46. The lowest BCUT2D eigenvalue weighted by molar-refractivity contribution is 0.273. The van der Waals surface area contributed by atoms with Crippen LogP contribution in [0.1, 0.15) is 16.8 Å². The van der Waals surface area contributed by atoms with Crippen molar-refractivity contribution < 1.29 is 4.74 Å². The Labute approximate surface area is 157 Å². The van der Waals surface area contributed by atoms with Crippen molar-refractivity contribution in [3.05, 3.63) is 70.0 Å². The minimum atomic E-state index is -0.0835. The summed E-state index contributed by atoms with van der Waals surface area (Å²) in [6.07, 6.45) is 6.20. The standard InChI is InChI=1S/C20H21N5O2/c1-27-18-5-3-2-4-14(18)13-25-10-6-15-16(7-11-25)23-19(24-20(15)26)17-12-21-8-9-22-17/h2-5,8-9,12H,6-7,10-11,13H2,1H3,(H,23,24,26). The summed E-state index contributed by atoms with van der Waals surface area (Å²) >= 11 is 0. The van der Waals surface area contributed by atoms with Gasteiger partial charge in [-0.25, -0.2) is 9.97 Å². The Balaban J connectivity index is 1.56. The highest BCUT2D eigenvalue weighted by atomic mass is 16.5. The summed E-state index contributed by atoms with van der Waals surface area (Å²) in [5.41, 5.74) is 3.26. The maximum atomic E-state index is 12.6. The molecule has 3 heterocycles. The fourth-order valence-corrected chi connectivity index (χ4v) is 3.43. The number of nitrogens with zero attached hydrogens (tertiary/aromatic N) is 4. The van der Waals surface area contributed by atoms with Gasteiger partial charge in [-0.15, -0.1) is 0 Å². The van der Waals surface area contributed by atoms with Gasteiger partial charge in [-0.2, -0.15) is 0 Å². The number of hydrogen-bond acceptors (Lipinski definition) is 6. The normalized spacial score (nSPS) is 14.4. The van der Waals surface area contributed by atoms with E-state index in [0.29, 0.717) is 17.9 Å². The zero-order chi connectivity index (χ0) is 18.6. The molecule has 1 aromatic carbocycles. The zero-order valence-corrected chi connectivity index (χ0v) is 15.2. The first kappa shape index (κ1) is 17.4. The first-order chi connectivity index (χ1) is 13.2. The van der Waals surface area contributed by atoms with E-state index in [1.54, 1.807) is 25.7 Å². The third-order valence-electron chi connectivity index (χ3n) is 4.84. The zero-order valence-electron chi connectivity index (χ0n) is 15.2. The van der Waals surface area contributed by atoms with Gasteiger partial charge in [0.25, 0.3) is 5.56 Å². The van der Waals surface area contributed by atoms with Crippen molar-refractivity contribution in [3.63, 3.8) is 0 Å². The number of aromatic amines is 1. The molecule has 0 unspecified atom stereocenters. The van der Waals surface area contributed by atoms with Crippen LogP contribution in [-0.2, 0) is 19.4 Å². The van der Waals surface area contributed by atoms with E-state index < -0.39 is 0 Å². The van der Waals surface area contributed by atoms with Crippen LogP contribution in [0.3, 0.4) is 0 Å². The number of methoxy groups -OCH3 is 1. The van der Waals surface area contributed by atoms with Crippen LogP contribution in [0.4, 0.5) is 0 Å². The summed E-state index contributed by atoms with van der Waals surface area (Å²) in [4.78, 5) is 30.7. The van der Waals surface area contributed by atoms with Gasteiger partial charge in [0, 0.05) is 49.6 Å². The SMILES string of the molecule is COc1ccccc1CN1CCc2nc(-c3cnccn3)[nH]c(=O)c2CC1. The number of para-hydroxylation sites is 1. The first-order valence-corrected chi connectivity index (χ1v) is 8.97. The molecule has 1 aliphatic rings. The molecule has 27 heavy (non-hydrogen) atoms. The molecule has 138 valence electrons. The van der Waals surface area contributed by atoms with Crippen LogP contribution in [0, 0.1) is 0 Å². The van der Waals surface area contributed by atoms with E-state index in [0.717, 1.165) is 48.6 Å². The van der Waals surface area contributed by atoms with Crippen LogP contribution < -0.4 is 10.3 Å². The molecule has 0 fully saturated rings. The van der Waals surface area contributed by atoms with E-state index in [2.05, 4.69) is 30.9 Å². The van der Waals surface area contributed by atoms with Gasteiger partial charge in [0.1, 0.15) is 11.4 Å². The molecule has 1 N–H and O–H groups in total. The molecule has 0 radical (unpaired) electrons. The topological polar surface area (TPSA) is 84.0 Å². The van der Waals surface area contributed by atoms with Crippen molar-refractivity contribution in [3.8, 4) is 17.3 Å². The number of aromatic nitrogens is 4. The summed E-state index contributed by atoms with van der Waals surface area (Å²) in [5.74, 6) is 1.37. The Morgan fingerprint density at radius 1 is 1.19 bits per heavy atom. The minimum absolute atomic E-state index is 0.0835. The molecule has 2 aromatic heterocycles. The average Bonchev–Trinajstić information content (AvgIpc) is 2.92. The smallest absolute Gasteiger partial charge is 0.254 e. The summed E-state index contributed by atoms with van der Waals surface area (Å²) in [6, 6.07) is 8.04. The van der Waals surface area contributed by atoms with Gasteiger partial charge in [0.2, 0.25) is 0 Å². The number of fused-ring (bicyclic) bond motifs is 1. The lowest BCUT2D eigenvalue weighted by atomic mass is 10.1. The third kappa shape index (κ3) is 3.73. The largest absolute Gasteiger partial charge is 0.496 e. The van der Waals surface area contributed by atoms with Crippen LogP contribution in [0.25, 0.3) is 11.5 Å². The van der Waals surface area contributed by atoms with Gasteiger partial charge in [0.15, 0.2) is 5.82 Å². The number of ether oxygens (including phenoxy) is 1. The van der Waals surface area contributed by atoms with Gasteiger partial charge in [0.05, 0.1) is 19.0 Å². The van der Waals surface area contributed by atoms with Crippen LogP contribution in [-0.4, -0.2) is 45.0 Å². The molecule has 0 atom stereocenters. The Hall–Kier alpha value is -3.06. The van der Waals surface area contributed by atoms with E-state index in [1.165, 1.54) is 0 Å². The summed E-state index contributed by atoms with van der Waals surface area (Å²) in [5, 5.41) is 0. The molecule has 4 rings (SSSR count). The Bertz CT molecular complexity index is 987. The Morgan fingerprint density at radius 3 is 2.85 bits per heavy atom. The molecule has 0 aliphatic carbocycles. The van der Waals surface area contributed by atoms with E-state index in [9.17, 15) is 4.79 Å². The molecule has 0 saturated carbocycles. The molecule has 0 amide bonds. The van der Waals surface area contributed by atoms with E-state index in [4.69, 9.17) is 4.74 Å². The highest BCUT2D eigenvalue weighted by molar-refractivity contribution is 5.47. The molecule has 3 aromatic rings. The number of nitrogens with one attached hydrogen (secondary N) is 1. The summed E-state index contributed by atoms with van der Waals surface area (Å²) in [6.45, 7) is 2.43. The summed E-state index contributed by atoms with van der Waals surface area (Å²) in [7, 11) is 1.69. The fraction of sp³-hybridized carbons (Fsp3) is 0.300. The number of benzene rings is 1. The van der Waals surface area contributed by atoms with Crippen molar-refractivity contribution in [1.29, 1.82) is 0 Å². The monoisotopic (exact) mass is 363 g/mol. The first-order valence-electron chi connectivity index (χ1n) is 8.97. The maximum Gasteiger partial charge on any atom is 0.254 e. The molecule has 0 spiro atoms. The van der Waals surface area contributed by atoms with Crippen LogP contribution in [0.15, 0.2) is 47.7 Å². The molecule has 0 saturated heterocycles. The van der Waals surface area contributed by atoms with Crippen LogP contribution in [0.2, 0.25) is 0 Å². The molecule has 7 heteroatoms. The second-order valence-electron chi connectivity index (χ2n) is 6.52. The highest BCUT2D eigenvalue weighted by Crippen LogP contribution is 2.21. The van der Waals surface area contributed by atoms with Crippen LogP contribution >= 0.6 is 0 Å². The molecular weight excluding hydrogens is 342 g/mol. The second-order valence-corrected chi connectivity index (χ2v) is 6.52. The number of H-pyrrole nitrogens is 1. The quantitative estimate of drug-likeness (QED) is 0.761. The predicted octanol–water partition coefficient (Wildman–Crippen LogP) is 1.84. The number of hydrogen-bond donors (Lipinski definition) is 1. The molecule has 0 bridgehead atoms. The van der Waals surface area contributed by atoms with E-state index >= 15 is 0 Å². The van der Waals surface area contributed by atoms with E-state index in [-0.39, 0.29) is 5.56 Å². The molecular formula is C20H21N5O2. The maximum absolute atomic E-state index is 12.6. The van der Waals surface area contributed by atoms with Gasteiger partial charge < -0.3 is 9.72 Å². The Kier molecular flexibility index (Phi) is 4.93. The predicted molar refractivity (Wildman–Crippen MR) is 102 cm³/mol. The minimum Gasteiger partial charge on any atom is -0.496 e. The third-order valence-corrected chi connectivity index (χ3v) is 4.84. The average molecular weight is 363 g/mol. The number of rotatable bonds is 4. The lowest BCUT2D eigenvalue weighted by Crippen LogP contribution is -2.26. The van der Waals surface area contributed by atoms with Crippen molar-refractivity contribution in [2.24, 2.45) is 0 Å². The van der Waals surface area contributed by atoms with Crippen LogP contribution in [0.5, 0.6) is 5.75 Å². The van der Waals surface area contributed by atoms with Crippen molar-refractivity contribution in [1.82, 2.24) is 24.8 Å². The van der Waals surface area contributed by atoms with Gasteiger partial charge in [-0.05, 0) is 12.5 Å². The highest BCUT2D eigenvalue weighted by Gasteiger charge is 2.20. The van der Waals surface area contributed by atoms with Crippen molar-refractivity contribution >= 4 is 0 Å². The van der Waals surface area contributed by atoms with E-state index in [1.807, 2.05) is 18.2 Å². The Morgan fingerprint density at radius 2 is 2.04 bits per heavy atom.